The van der Waals surface area contributed by atoms with Crippen molar-refractivity contribution in [1.29, 1.82) is 0 Å². The summed E-state index contributed by atoms with van der Waals surface area (Å²) < 4.78 is 5.51. The third-order valence-corrected chi connectivity index (χ3v) is 8.57. The van der Waals surface area contributed by atoms with Crippen LogP contribution in [0.1, 0.15) is 0 Å². The van der Waals surface area contributed by atoms with E-state index in [0.717, 1.165) is 0 Å². The van der Waals surface area contributed by atoms with Crippen molar-refractivity contribution in [3.05, 3.63) is 110 Å². The molecule has 0 saturated heterocycles. The van der Waals surface area contributed by atoms with Crippen LogP contribution in [0.2, 0.25) is 0 Å². The number of hydrogen-bond donors (Lipinski definition) is 0. The molecule has 1 nitrogen and oxygen atoms in total. The van der Waals surface area contributed by atoms with Gasteiger partial charge in [0.2, 0.25) is 0 Å². The van der Waals surface area contributed by atoms with Crippen LogP contribution in [0.25, 0.3) is 0 Å². The van der Waals surface area contributed by atoms with Gasteiger partial charge in [0, 0.05) is 6.07 Å². The molecule has 116 valence electrons. The van der Waals surface area contributed by atoms with Crippen molar-refractivity contribution in [1.82, 2.24) is 0 Å². The highest BCUT2D eigenvalue weighted by atomic mass is 31.2. The van der Waals surface area contributed by atoms with Crippen LogP contribution < -0.4 is 21.2 Å². The van der Waals surface area contributed by atoms with E-state index in [-0.39, 0.29) is 0 Å². The Bertz CT molecular complexity index is 788. The first-order valence-electron chi connectivity index (χ1n) is 8.01. The lowest BCUT2D eigenvalue weighted by molar-refractivity contribution is 0.569. The Morgan fingerprint density at radius 3 is 1.21 bits per heavy atom. The van der Waals surface area contributed by atoms with Crippen LogP contribution >= 0.6 is 7.26 Å². The molecule has 1 aromatic heterocycles. The molecule has 24 heavy (non-hydrogen) atoms. The van der Waals surface area contributed by atoms with E-state index in [1.165, 1.54) is 21.2 Å². The van der Waals surface area contributed by atoms with Crippen LogP contribution in [0, 0.1) is 0 Å². The zero-order valence-electron chi connectivity index (χ0n) is 13.2. The molecule has 0 bridgehead atoms. The quantitative estimate of drug-likeness (QED) is 0.518. The lowest BCUT2D eigenvalue weighted by Crippen LogP contribution is -2.38. The molecule has 0 aliphatic rings. The minimum absolute atomic E-state index is 1.24. The molecule has 0 aliphatic heterocycles. The van der Waals surface area contributed by atoms with Gasteiger partial charge in [-0.25, -0.2) is 0 Å². The van der Waals surface area contributed by atoms with Gasteiger partial charge in [0.05, 0.1) is 6.26 Å². The monoisotopic (exact) mass is 329 g/mol. The van der Waals surface area contributed by atoms with Crippen LogP contribution in [-0.4, -0.2) is 0 Å². The van der Waals surface area contributed by atoms with Crippen molar-refractivity contribution in [3.63, 3.8) is 0 Å². The van der Waals surface area contributed by atoms with Gasteiger partial charge in [-0.05, 0) is 36.4 Å². The van der Waals surface area contributed by atoms with Crippen molar-refractivity contribution in [2.75, 3.05) is 0 Å². The SMILES string of the molecule is c1ccc([P+](c2ccccc2)(c2ccccc2)c2ccoc2)cc1. The third kappa shape index (κ3) is 2.38. The summed E-state index contributed by atoms with van der Waals surface area (Å²) in [5, 5.41) is 5.25. The van der Waals surface area contributed by atoms with Gasteiger partial charge in [-0.3, -0.25) is 0 Å². The van der Waals surface area contributed by atoms with Crippen LogP contribution in [0.4, 0.5) is 0 Å². The summed E-state index contributed by atoms with van der Waals surface area (Å²) in [5.74, 6) is 0. The Morgan fingerprint density at radius 2 is 0.875 bits per heavy atom. The van der Waals surface area contributed by atoms with Crippen molar-refractivity contribution >= 4 is 28.5 Å². The van der Waals surface area contributed by atoms with E-state index in [1.54, 1.807) is 6.26 Å². The van der Waals surface area contributed by atoms with Gasteiger partial charge < -0.3 is 4.42 Å². The molecule has 0 radical (unpaired) electrons. The highest BCUT2D eigenvalue weighted by Gasteiger charge is 2.48. The maximum Gasteiger partial charge on any atom is 0.147 e. The summed E-state index contributed by atoms with van der Waals surface area (Å²) in [6, 6.07) is 34.5. The van der Waals surface area contributed by atoms with Gasteiger partial charge in [-0.15, -0.1) is 0 Å². The van der Waals surface area contributed by atoms with Gasteiger partial charge >= 0.3 is 0 Å². The highest BCUT2D eigenvalue weighted by molar-refractivity contribution is 8.01. The Hall–Kier alpha value is -2.63. The van der Waals surface area contributed by atoms with Crippen molar-refractivity contribution in [2.24, 2.45) is 0 Å². The zero-order chi connectivity index (χ0) is 16.2. The summed E-state index contributed by atoms with van der Waals surface area (Å²) in [7, 11) is -1.95. The van der Waals surface area contributed by atoms with Gasteiger partial charge in [0.15, 0.2) is 0 Å². The van der Waals surface area contributed by atoms with Gasteiger partial charge in [-0.1, -0.05) is 54.6 Å². The lowest BCUT2D eigenvalue weighted by atomic mass is 10.4. The van der Waals surface area contributed by atoms with Crippen LogP contribution in [0.5, 0.6) is 0 Å². The van der Waals surface area contributed by atoms with Crippen molar-refractivity contribution in [3.8, 4) is 0 Å². The Kier molecular flexibility index (Phi) is 4.02. The van der Waals surface area contributed by atoms with E-state index in [0.29, 0.717) is 0 Å². The van der Waals surface area contributed by atoms with Gasteiger partial charge in [0.1, 0.15) is 34.7 Å². The second-order valence-corrected chi connectivity index (χ2v) is 9.07. The predicted molar refractivity (Wildman–Crippen MR) is 103 cm³/mol. The van der Waals surface area contributed by atoms with Gasteiger partial charge in [0.25, 0.3) is 0 Å². The molecule has 1 heterocycles. The fraction of sp³-hybridized carbons (Fsp3) is 0. The number of rotatable bonds is 4. The first kappa shape index (κ1) is 14.9. The summed E-state index contributed by atoms with van der Waals surface area (Å²) in [4.78, 5) is 0. The van der Waals surface area contributed by atoms with Crippen molar-refractivity contribution in [2.45, 2.75) is 0 Å². The van der Waals surface area contributed by atoms with Crippen LogP contribution in [0.15, 0.2) is 114 Å². The van der Waals surface area contributed by atoms with E-state index in [9.17, 15) is 0 Å². The summed E-state index contributed by atoms with van der Waals surface area (Å²) >= 11 is 0. The molecule has 0 amide bonds. The first-order valence-corrected chi connectivity index (χ1v) is 9.80. The molecule has 0 saturated carbocycles. The highest BCUT2D eigenvalue weighted by Crippen LogP contribution is 2.54. The maximum absolute atomic E-state index is 5.51. The standard InChI is InChI=1S/C22H18OP/c1-4-10-19(11-5-1)24(22-16-17-23-18-22,20-12-6-2-7-13-20)21-14-8-3-9-15-21/h1-18H/q+1. The molecule has 4 aromatic rings. The van der Waals surface area contributed by atoms with E-state index >= 15 is 0 Å². The molecular weight excluding hydrogens is 311 g/mol. The molecule has 0 aliphatic carbocycles. The molecule has 0 atom stereocenters. The molecule has 3 aromatic carbocycles. The zero-order valence-corrected chi connectivity index (χ0v) is 14.1. The van der Waals surface area contributed by atoms with E-state index in [2.05, 4.69) is 97.1 Å². The summed E-state index contributed by atoms with van der Waals surface area (Å²) in [6.07, 6.45) is 3.68. The fourth-order valence-electron chi connectivity index (χ4n) is 3.30. The predicted octanol–water partition coefficient (Wildman–Crippen LogP) is 3.90. The third-order valence-electron chi connectivity index (χ3n) is 4.32. The van der Waals surface area contributed by atoms with Gasteiger partial charge in [-0.2, -0.15) is 0 Å². The smallest absolute Gasteiger partial charge is 0.147 e. The topological polar surface area (TPSA) is 13.1 Å². The number of hydrogen-bond acceptors (Lipinski definition) is 1. The van der Waals surface area contributed by atoms with Crippen molar-refractivity contribution < 1.29 is 4.42 Å². The Morgan fingerprint density at radius 1 is 0.458 bits per heavy atom. The molecular formula is C22H18OP+. The lowest BCUT2D eigenvalue weighted by Gasteiger charge is -2.25. The van der Waals surface area contributed by atoms with Crippen LogP contribution in [-0.2, 0) is 0 Å². The normalized spacial score (nSPS) is 11.3. The Balaban J connectivity index is 2.12. The molecule has 4 rings (SSSR count). The van der Waals surface area contributed by atoms with Crippen LogP contribution in [0.3, 0.4) is 0 Å². The first-order chi connectivity index (χ1) is 11.9. The van der Waals surface area contributed by atoms with E-state index < -0.39 is 7.26 Å². The number of furan rings is 1. The maximum atomic E-state index is 5.51. The van der Waals surface area contributed by atoms with E-state index in [1.807, 2.05) is 6.26 Å². The molecule has 0 unspecified atom stereocenters. The average Bonchev–Trinajstić information content (AvgIpc) is 3.20. The molecule has 0 N–H and O–H groups in total. The molecule has 2 heteroatoms. The molecule has 0 spiro atoms. The minimum Gasteiger partial charge on any atom is -0.468 e. The molecule has 0 fully saturated rings. The number of benzene rings is 3. The minimum atomic E-state index is -1.95. The Labute approximate surface area is 142 Å². The largest absolute Gasteiger partial charge is 0.468 e. The summed E-state index contributed by atoms with van der Waals surface area (Å²) in [5.41, 5.74) is 0. The second kappa shape index (κ2) is 6.47. The average molecular weight is 329 g/mol. The second-order valence-electron chi connectivity index (χ2n) is 5.66. The summed E-state index contributed by atoms with van der Waals surface area (Å²) in [6.45, 7) is 0. The van der Waals surface area contributed by atoms with E-state index in [4.69, 9.17) is 4.42 Å². The fourth-order valence-corrected chi connectivity index (χ4v) is 7.45.